The Hall–Kier alpha value is -1.90. The fourth-order valence-electron chi connectivity index (χ4n) is 2.23. The second-order valence-electron chi connectivity index (χ2n) is 4.79. The molecule has 2 rings (SSSR count). The lowest BCUT2D eigenvalue weighted by molar-refractivity contribution is -0.118. The molecular weight excluding hydrogens is 236 g/mol. The highest BCUT2D eigenvalue weighted by Gasteiger charge is 2.09. The van der Waals surface area contributed by atoms with Crippen LogP contribution in [0.1, 0.15) is 30.3 Å². The van der Waals surface area contributed by atoms with Gasteiger partial charge in [-0.1, -0.05) is 30.3 Å². The number of ketones is 1. The number of nitrogens with zero attached hydrogens (tertiary/aromatic N) is 2. The Morgan fingerprint density at radius 1 is 1.26 bits per heavy atom. The molecule has 0 spiro atoms. The van der Waals surface area contributed by atoms with E-state index in [9.17, 15) is 4.79 Å². The molecule has 1 heterocycles. The summed E-state index contributed by atoms with van der Waals surface area (Å²) in [5.41, 5.74) is 3.22. The Kier molecular flexibility index (Phi) is 4.50. The van der Waals surface area contributed by atoms with Gasteiger partial charge in [0.15, 0.2) is 0 Å². The summed E-state index contributed by atoms with van der Waals surface area (Å²) in [5, 5.41) is 4.36. The molecule has 2 aromatic rings. The van der Waals surface area contributed by atoms with Crippen LogP contribution < -0.4 is 0 Å². The molecule has 100 valence electrons. The van der Waals surface area contributed by atoms with E-state index in [1.165, 1.54) is 5.56 Å². The van der Waals surface area contributed by atoms with Crippen LogP contribution in [0, 0.1) is 6.92 Å². The molecule has 0 saturated carbocycles. The van der Waals surface area contributed by atoms with Crippen LogP contribution in [0.3, 0.4) is 0 Å². The molecule has 0 atom stereocenters. The Labute approximate surface area is 114 Å². The van der Waals surface area contributed by atoms with Crippen molar-refractivity contribution >= 4 is 5.78 Å². The largest absolute Gasteiger partial charge is 0.299 e. The molecule has 0 aliphatic rings. The minimum absolute atomic E-state index is 0.276. The molecule has 3 heteroatoms. The summed E-state index contributed by atoms with van der Waals surface area (Å²) in [5.74, 6) is 0.276. The number of aryl methyl sites for hydroxylation is 3. The molecule has 0 N–H and O–H groups in total. The second-order valence-corrected chi connectivity index (χ2v) is 4.79. The van der Waals surface area contributed by atoms with Gasteiger partial charge in [-0.15, -0.1) is 0 Å². The average Bonchev–Trinajstić information content (AvgIpc) is 2.77. The predicted molar refractivity (Wildman–Crippen MR) is 76.1 cm³/mol. The highest BCUT2D eigenvalue weighted by Crippen LogP contribution is 2.08. The maximum Gasteiger partial charge on any atom is 0.139 e. The van der Waals surface area contributed by atoms with Crippen molar-refractivity contribution in [3.8, 4) is 0 Å². The zero-order chi connectivity index (χ0) is 13.7. The highest BCUT2D eigenvalue weighted by atomic mass is 16.1. The maximum atomic E-state index is 12.0. The van der Waals surface area contributed by atoms with Gasteiger partial charge < -0.3 is 0 Å². The van der Waals surface area contributed by atoms with E-state index in [0.29, 0.717) is 12.8 Å². The molecule has 1 aromatic carbocycles. The summed E-state index contributed by atoms with van der Waals surface area (Å²) >= 11 is 0. The first kappa shape index (κ1) is 13.5. The van der Waals surface area contributed by atoms with Gasteiger partial charge in [-0.2, -0.15) is 5.10 Å². The van der Waals surface area contributed by atoms with Gasteiger partial charge in [-0.25, -0.2) is 0 Å². The number of carbonyl (C=O) groups is 1. The molecule has 0 amide bonds. The van der Waals surface area contributed by atoms with Gasteiger partial charge in [-0.3, -0.25) is 9.48 Å². The summed E-state index contributed by atoms with van der Waals surface area (Å²) in [6.07, 6.45) is 1.90. The predicted octanol–water partition coefficient (Wildman–Crippen LogP) is 2.96. The van der Waals surface area contributed by atoms with Gasteiger partial charge in [0.2, 0.25) is 0 Å². The lowest BCUT2D eigenvalue weighted by atomic mass is 10.1. The number of benzene rings is 1. The van der Waals surface area contributed by atoms with Crippen molar-refractivity contribution in [1.82, 2.24) is 9.78 Å². The lowest BCUT2D eigenvalue weighted by Gasteiger charge is -2.04. The second kappa shape index (κ2) is 6.32. The number of rotatable bonds is 6. The molecule has 0 unspecified atom stereocenters. The monoisotopic (exact) mass is 256 g/mol. The third kappa shape index (κ3) is 3.78. The average molecular weight is 256 g/mol. The first-order valence-corrected chi connectivity index (χ1v) is 6.78. The third-order valence-corrected chi connectivity index (χ3v) is 3.20. The topological polar surface area (TPSA) is 34.9 Å². The minimum atomic E-state index is 0.276. The van der Waals surface area contributed by atoms with Crippen LogP contribution in [0.4, 0.5) is 0 Å². The Balaban J connectivity index is 1.91. The summed E-state index contributed by atoms with van der Waals surface area (Å²) in [7, 11) is 0. The van der Waals surface area contributed by atoms with Gasteiger partial charge in [-0.05, 0) is 31.9 Å². The quantitative estimate of drug-likeness (QED) is 0.796. The third-order valence-electron chi connectivity index (χ3n) is 3.20. The summed E-state index contributed by atoms with van der Waals surface area (Å²) in [4.78, 5) is 12.0. The van der Waals surface area contributed by atoms with E-state index in [1.807, 2.05) is 42.8 Å². The van der Waals surface area contributed by atoms with Crippen LogP contribution in [-0.2, 0) is 24.2 Å². The number of hydrogen-bond acceptors (Lipinski definition) is 2. The Morgan fingerprint density at radius 2 is 2.00 bits per heavy atom. The maximum absolute atomic E-state index is 12.0. The van der Waals surface area contributed by atoms with Crippen molar-refractivity contribution in [3.05, 3.63) is 53.3 Å². The van der Waals surface area contributed by atoms with Gasteiger partial charge >= 0.3 is 0 Å². The van der Waals surface area contributed by atoms with E-state index in [4.69, 9.17) is 0 Å². The van der Waals surface area contributed by atoms with E-state index >= 15 is 0 Å². The molecule has 3 nitrogen and oxygen atoms in total. The van der Waals surface area contributed by atoms with Crippen molar-refractivity contribution in [2.24, 2.45) is 0 Å². The number of Topliss-reactive ketones (excluding diaryl/α,β-unsaturated/α-hetero) is 1. The van der Waals surface area contributed by atoms with Crippen LogP contribution in [0.2, 0.25) is 0 Å². The van der Waals surface area contributed by atoms with E-state index < -0.39 is 0 Å². The SMILES string of the molecule is CCn1nc(C)cc1CC(=O)CCc1ccccc1. The molecule has 1 aromatic heterocycles. The van der Waals surface area contributed by atoms with Crippen LogP contribution in [0.25, 0.3) is 0 Å². The first-order valence-electron chi connectivity index (χ1n) is 6.78. The van der Waals surface area contributed by atoms with E-state index in [2.05, 4.69) is 17.2 Å². The summed E-state index contributed by atoms with van der Waals surface area (Å²) in [6.45, 7) is 4.82. The van der Waals surface area contributed by atoms with Crippen LogP contribution in [-0.4, -0.2) is 15.6 Å². The number of hydrogen-bond donors (Lipinski definition) is 0. The zero-order valence-corrected chi connectivity index (χ0v) is 11.6. The highest BCUT2D eigenvalue weighted by molar-refractivity contribution is 5.80. The van der Waals surface area contributed by atoms with E-state index in [-0.39, 0.29) is 5.78 Å². The molecule has 0 saturated heterocycles. The minimum Gasteiger partial charge on any atom is -0.299 e. The van der Waals surface area contributed by atoms with Crippen LogP contribution >= 0.6 is 0 Å². The van der Waals surface area contributed by atoms with Crippen molar-refractivity contribution < 1.29 is 4.79 Å². The summed E-state index contributed by atoms with van der Waals surface area (Å²) < 4.78 is 1.91. The Morgan fingerprint density at radius 3 is 2.68 bits per heavy atom. The standard InChI is InChI=1S/C16H20N2O/c1-3-18-15(11-13(2)17-18)12-16(19)10-9-14-7-5-4-6-8-14/h4-8,11H,3,9-10,12H2,1-2H3. The van der Waals surface area contributed by atoms with Gasteiger partial charge in [0, 0.05) is 25.1 Å². The molecule has 0 bridgehead atoms. The smallest absolute Gasteiger partial charge is 0.139 e. The summed E-state index contributed by atoms with van der Waals surface area (Å²) in [6, 6.07) is 12.1. The van der Waals surface area contributed by atoms with Crippen molar-refractivity contribution in [2.45, 2.75) is 39.7 Å². The molecule has 0 radical (unpaired) electrons. The molecule has 0 fully saturated rings. The first-order chi connectivity index (χ1) is 9.19. The molecule has 0 aliphatic heterocycles. The fourth-order valence-corrected chi connectivity index (χ4v) is 2.23. The van der Waals surface area contributed by atoms with E-state index in [1.54, 1.807) is 0 Å². The molecule has 0 aliphatic carbocycles. The van der Waals surface area contributed by atoms with Crippen LogP contribution in [0.15, 0.2) is 36.4 Å². The van der Waals surface area contributed by atoms with Crippen LogP contribution in [0.5, 0.6) is 0 Å². The van der Waals surface area contributed by atoms with Gasteiger partial charge in [0.25, 0.3) is 0 Å². The zero-order valence-electron chi connectivity index (χ0n) is 11.6. The van der Waals surface area contributed by atoms with Crippen molar-refractivity contribution in [2.75, 3.05) is 0 Å². The number of aromatic nitrogens is 2. The van der Waals surface area contributed by atoms with Gasteiger partial charge in [0.1, 0.15) is 5.78 Å². The number of carbonyl (C=O) groups excluding carboxylic acids is 1. The molecular formula is C16H20N2O. The lowest BCUT2D eigenvalue weighted by Crippen LogP contribution is -2.10. The van der Waals surface area contributed by atoms with Crippen molar-refractivity contribution in [3.63, 3.8) is 0 Å². The molecule has 19 heavy (non-hydrogen) atoms. The Bertz CT molecular complexity index is 543. The van der Waals surface area contributed by atoms with E-state index in [0.717, 1.165) is 24.4 Å². The normalized spacial score (nSPS) is 10.6. The van der Waals surface area contributed by atoms with Crippen molar-refractivity contribution in [1.29, 1.82) is 0 Å². The fraction of sp³-hybridized carbons (Fsp3) is 0.375. The van der Waals surface area contributed by atoms with Gasteiger partial charge in [0.05, 0.1) is 5.69 Å².